The summed E-state index contributed by atoms with van der Waals surface area (Å²) in [7, 11) is 0. The average Bonchev–Trinajstić information content (AvgIpc) is 3.52. The number of amides is 1. The maximum absolute atomic E-state index is 13.8. The first-order valence-electron chi connectivity index (χ1n) is 9.89. The van der Waals surface area contributed by atoms with Crippen molar-refractivity contribution in [2.45, 2.75) is 25.1 Å². The molecule has 1 aliphatic rings. The minimum absolute atomic E-state index is 0.0518. The Hall–Kier alpha value is -3.27. The van der Waals surface area contributed by atoms with Crippen molar-refractivity contribution in [3.8, 4) is 10.6 Å². The number of benzene rings is 1. The lowest BCUT2D eigenvalue weighted by atomic mass is 10.0. The number of nitrogens with zero attached hydrogens (tertiary/aromatic N) is 4. The summed E-state index contributed by atoms with van der Waals surface area (Å²) >= 11 is 1.27. The molecule has 0 aliphatic carbocycles. The number of carbonyl (C=O) groups is 1. The molecule has 164 valence electrons. The fourth-order valence-electron chi connectivity index (χ4n) is 4.02. The van der Waals surface area contributed by atoms with Gasteiger partial charge in [-0.1, -0.05) is 18.2 Å². The number of hydrogen-bond acceptors (Lipinski definition) is 4. The quantitative estimate of drug-likeness (QED) is 0.375. The van der Waals surface area contributed by atoms with E-state index in [2.05, 4.69) is 10.1 Å². The summed E-state index contributed by atoms with van der Waals surface area (Å²) < 4.78 is 55.2. The number of aromatic nitrogens is 3. The molecular formula is C22H16F4N4OS. The zero-order valence-corrected chi connectivity index (χ0v) is 17.3. The Kier molecular flexibility index (Phi) is 4.96. The van der Waals surface area contributed by atoms with Gasteiger partial charge >= 0.3 is 6.18 Å². The predicted octanol–water partition coefficient (Wildman–Crippen LogP) is 5.59. The predicted molar refractivity (Wildman–Crippen MR) is 111 cm³/mol. The highest BCUT2D eigenvalue weighted by molar-refractivity contribution is 7.13. The molecule has 1 aliphatic heterocycles. The van der Waals surface area contributed by atoms with Crippen molar-refractivity contribution in [2.24, 2.45) is 0 Å². The molecule has 0 N–H and O–H groups in total. The van der Waals surface area contributed by atoms with Crippen LogP contribution in [0.15, 0.2) is 53.9 Å². The van der Waals surface area contributed by atoms with Gasteiger partial charge < -0.3 is 4.90 Å². The monoisotopic (exact) mass is 460 g/mol. The zero-order chi connectivity index (χ0) is 22.5. The second-order valence-electron chi connectivity index (χ2n) is 7.51. The SMILES string of the molecule is O=C(c1cc2nc(-c3cccs3)cc(C(F)(F)F)n2n1)N1CCC[C@@H]1c1ccc(F)cc1. The summed E-state index contributed by atoms with van der Waals surface area (Å²) in [6, 6.07) is 11.2. The Bertz CT molecular complexity index is 1280. The molecule has 4 heterocycles. The molecule has 5 rings (SSSR count). The van der Waals surface area contributed by atoms with Crippen molar-refractivity contribution in [3.05, 3.63) is 76.7 Å². The van der Waals surface area contributed by atoms with Crippen LogP contribution in [0.4, 0.5) is 17.6 Å². The normalized spacial score (nSPS) is 16.8. The number of carbonyl (C=O) groups excluding carboxylic acids is 1. The first-order valence-corrected chi connectivity index (χ1v) is 10.8. The highest BCUT2D eigenvalue weighted by Crippen LogP contribution is 2.35. The van der Waals surface area contributed by atoms with Crippen LogP contribution in [-0.2, 0) is 6.18 Å². The van der Waals surface area contributed by atoms with E-state index in [-0.39, 0.29) is 28.9 Å². The van der Waals surface area contributed by atoms with Gasteiger partial charge in [0.25, 0.3) is 5.91 Å². The lowest BCUT2D eigenvalue weighted by molar-refractivity contribution is -0.142. The topological polar surface area (TPSA) is 50.5 Å². The van der Waals surface area contributed by atoms with Crippen LogP contribution >= 0.6 is 11.3 Å². The van der Waals surface area contributed by atoms with Gasteiger partial charge in [-0.25, -0.2) is 13.9 Å². The van der Waals surface area contributed by atoms with E-state index >= 15 is 0 Å². The minimum atomic E-state index is -4.68. The van der Waals surface area contributed by atoms with Crippen LogP contribution in [0.3, 0.4) is 0 Å². The highest BCUT2D eigenvalue weighted by atomic mass is 32.1. The number of fused-ring (bicyclic) bond motifs is 1. The number of rotatable bonds is 3. The summed E-state index contributed by atoms with van der Waals surface area (Å²) in [5.74, 6) is -0.856. The molecule has 1 atom stereocenters. The molecule has 32 heavy (non-hydrogen) atoms. The third-order valence-corrected chi connectivity index (χ3v) is 6.37. The molecule has 4 aromatic rings. The second kappa shape index (κ2) is 7.70. The van der Waals surface area contributed by atoms with Gasteiger partial charge in [-0.2, -0.15) is 18.3 Å². The molecule has 0 bridgehead atoms. The summed E-state index contributed by atoms with van der Waals surface area (Å²) in [5, 5.41) is 5.73. The largest absolute Gasteiger partial charge is 0.433 e. The smallest absolute Gasteiger partial charge is 0.330 e. The van der Waals surface area contributed by atoms with Gasteiger partial charge in [0, 0.05) is 12.6 Å². The van der Waals surface area contributed by atoms with Crippen LogP contribution in [0, 0.1) is 5.82 Å². The maximum Gasteiger partial charge on any atom is 0.433 e. The van der Waals surface area contributed by atoms with Gasteiger partial charge in [0.05, 0.1) is 16.6 Å². The van der Waals surface area contributed by atoms with E-state index in [1.807, 2.05) is 0 Å². The Morgan fingerprint density at radius 2 is 1.91 bits per heavy atom. The molecule has 0 saturated carbocycles. The average molecular weight is 460 g/mol. The fourth-order valence-corrected chi connectivity index (χ4v) is 4.71. The van der Waals surface area contributed by atoms with Crippen molar-refractivity contribution in [2.75, 3.05) is 6.54 Å². The molecule has 0 radical (unpaired) electrons. The number of thiophene rings is 1. The Balaban J connectivity index is 1.55. The van der Waals surface area contributed by atoms with Crippen molar-refractivity contribution >= 4 is 22.9 Å². The van der Waals surface area contributed by atoms with E-state index in [9.17, 15) is 22.4 Å². The number of hydrogen-bond donors (Lipinski definition) is 0. The fraction of sp³-hybridized carbons (Fsp3) is 0.227. The lowest BCUT2D eigenvalue weighted by Crippen LogP contribution is -2.31. The second-order valence-corrected chi connectivity index (χ2v) is 8.46. The Morgan fingerprint density at radius 1 is 1.12 bits per heavy atom. The van der Waals surface area contributed by atoms with Gasteiger partial charge in [-0.05, 0) is 48.1 Å². The van der Waals surface area contributed by atoms with Crippen LogP contribution in [0.5, 0.6) is 0 Å². The van der Waals surface area contributed by atoms with E-state index in [1.54, 1.807) is 34.5 Å². The Labute approximate surface area is 183 Å². The van der Waals surface area contributed by atoms with Gasteiger partial charge in [0.15, 0.2) is 17.0 Å². The number of halogens is 4. The number of likely N-dealkylation sites (tertiary alicyclic amines) is 1. The summed E-state index contributed by atoms with van der Waals surface area (Å²) in [4.78, 5) is 19.7. The van der Waals surface area contributed by atoms with E-state index < -0.39 is 17.8 Å². The first kappa shape index (κ1) is 20.6. The van der Waals surface area contributed by atoms with E-state index in [4.69, 9.17) is 0 Å². The summed E-state index contributed by atoms with van der Waals surface area (Å²) in [5.41, 5.74) is -0.218. The molecule has 0 unspecified atom stereocenters. The van der Waals surface area contributed by atoms with E-state index in [0.29, 0.717) is 22.4 Å². The Morgan fingerprint density at radius 3 is 2.59 bits per heavy atom. The zero-order valence-electron chi connectivity index (χ0n) is 16.5. The summed E-state index contributed by atoms with van der Waals surface area (Å²) in [6.45, 7) is 0.439. The molecule has 1 saturated heterocycles. The van der Waals surface area contributed by atoms with Gasteiger partial charge in [-0.3, -0.25) is 4.79 Å². The standard InChI is InChI=1S/C22H16F4N4OS/c23-14-7-5-13(6-8-14)17-3-1-9-29(17)21(31)16-12-20-27-15(18-4-2-10-32-18)11-19(22(24,25)26)30(20)28-16/h2,4-8,10-12,17H,1,3,9H2/t17-/m1/s1. The van der Waals surface area contributed by atoms with Gasteiger partial charge in [0.1, 0.15) is 5.82 Å². The van der Waals surface area contributed by atoms with Crippen LogP contribution in [0.2, 0.25) is 0 Å². The van der Waals surface area contributed by atoms with Crippen LogP contribution in [0.1, 0.15) is 40.6 Å². The molecule has 1 aromatic carbocycles. The van der Waals surface area contributed by atoms with Crippen LogP contribution in [0.25, 0.3) is 16.2 Å². The minimum Gasteiger partial charge on any atom is -0.330 e. The lowest BCUT2D eigenvalue weighted by Gasteiger charge is -2.24. The van der Waals surface area contributed by atoms with Gasteiger partial charge in [-0.15, -0.1) is 11.3 Å². The molecule has 10 heteroatoms. The van der Waals surface area contributed by atoms with Crippen molar-refractivity contribution in [3.63, 3.8) is 0 Å². The van der Waals surface area contributed by atoms with Crippen molar-refractivity contribution in [1.82, 2.24) is 19.5 Å². The van der Waals surface area contributed by atoms with E-state index in [0.717, 1.165) is 18.1 Å². The van der Waals surface area contributed by atoms with Crippen molar-refractivity contribution in [1.29, 1.82) is 0 Å². The summed E-state index contributed by atoms with van der Waals surface area (Å²) in [6.07, 6.45) is -3.26. The maximum atomic E-state index is 13.8. The highest BCUT2D eigenvalue weighted by Gasteiger charge is 2.37. The third kappa shape index (κ3) is 3.64. The molecule has 5 nitrogen and oxygen atoms in total. The molecular weight excluding hydrogens is 444 g/mol. The molecule has 1 amide bonds. The van der Waals surface area contributed by atoms with Crippen LogP contribution < -0.4 is 0 Å². The molecule has 3 aromatic heterocycles. The van der Waals surface area contributed by atoms with Gasteiger partial charge in [0.2, 0.25) is 0 Å². The molecule has 1 fully saturated rings. The first-order chi connectivity index (χ1) is 15.3. The molecule has 0 spiro atoms. The van der Waals surface area contributed by atoms with Crippen molar-refractivity contribution < 1.29 is 22.4 Å². The number of alkyl halides is 3. The third-order valence-electron chi connectivity index (χ3n) is 5.48. The van der Waals surface area contributed by atoms with E-state index in [1.165, 1.54) is 29.5 Å². The van der Waals surface area contributed by atoms with Crippen LogP contribution in [-0.4, -0.2) is 31.9 Å².